The van der Waals surface area contributed by atoms with Crippen molar-refractivity contribution in [1.29, 1.82) is 0 Å². The van der Waals surface area contributed by atoms with E-state index in [1.54, 1.807) is 0 Å². The maximum Gasteiger partial charge on any atom is 0.404 e. The summed E-state index contributed by atoms with van der Waals surface area (Å²) in [6.07, 6.45) is -16.1. The predicted octanol–water partition coefficient (Wildman–Crippen LogP) is 6.02. The maximum absolute atomic E-state index is 14.2. The first kappa shape index (κ1) is 29.3. The second kappa shape index (κ2) is 11.2. The van der Waals surface area contributed by atoms with Gasteiger partial charge in [0.1, 0.15) is 18.0 Å². The number of hydrogen-bond donors (Lipinski definition) is 2. The Morgan fingerprint density at radius 3 is 1.92 bits per heavy atom. The molecule has 0 spiro atoms. The summed E-state index contributed by atoms with van der Waals surface area (Å²) in [4.78, 5) is 13.6. The topological polar surface area (TPSA) is 49.3 Å². The van der Waals surface area contributed by atoms with Gasteiger partial charge in [-0.1, -0.05) is 6.08 Å². The summed E-state index contributed by atoms with van der Waals surface area (Å²) >= 11 is 0. The van der Waals surface area contributed by atoms with Crippen LogP contribution in [0.5, 0.6) is 0 Å². The lowest BCUT2D eigenvalue weighted by Gasteiger charge is -2.52. The molecular formula is C24H32F9NO2. The Labute approximate surface area is 203 Å². The first-order valence-corrected chi connectivity index (χ1v) is 12.3. The molecule has 6 atom stereocenters. The second-order valence-electron chi connectivity index (χ2n) is 10.5. The fraction of sp³-hybridized carbons (Fsp3) is 0.875. The molecule has 0 radical (unpaired) electrons. The van der Waals surface area contributed by atoms with Crippen LogP contribution >= 0.6 is 0 Å². The lowest BCUT2D eigenvalue weighted by atomic mass is 9.58. The third-order valence-corrected chi connectivity index (χ3v) is 8.43. The van der Waals surface area contributed by atoms with Crippen LogP contribution in [-0.4, -0.2) is 54.0 Å². The van der Waals surface area contributed by atoms with E-state index in [4.69, 9.17) is 0 Å². The number of carbonyl (C=O) groups excluding carboxylic acids is 1. The monoisotopic (exact) mass is 537 g/mol. The third kappa shape index (κ3) is 6.22. The van der Waals surface area contributed by atoms with Crippen LogP contribution in [0.4, 0.5) is 39.5 Å². The van der Waals surface area contributed by atoms with Crippen molar-refractivity contribution in [3.63, 3.8) is 0 Å². The molecule has 0 aromatic carbocycles. The van der Waals surface area contributed by atoms with Crippen molar-refractivity contribution in [2.75, 3.05) is 0 Å². The minimum absolute atomic E-state index is 0.0148. The Balaban J connectivity index is 2.02. The van der Waals surface area contributed by atoms with Gasteiger partial charge in [0, 0.05) is 17.8 Å². The van der Waals surface area contributed by atoms with Crippen LogP contribution in [0.3, 0.4) is 0 Å². The molecule has 2 saturated carbocycles. The lowest BCUT2D eigenvalue weighted by Crippen LogP contribution is -2.69. The number of halogens is 9. The second-order valence-corrected chi connectivity index (χ2v) is 10.5. The first-order valence-electron chi connectivity index (χ1n) is 12.3. The summed E-state index contributed by atoms with van der Waals surface area (Å²) in [7, 11) is 0. The molecule has 1 saturated heterocycles. The molecule has 12 heteroatoms. The highest BCUT2D eigenvalue weighted by Crippen LogP contribution is 2.51. The molecule has 2 N–H and O–H groups in total. The quantitative estimate of drug-likeness (QED) is 0.322. The van der Waals surface area contributed by atoms with Crippen LogP contribution in [0.2, 0.25) is 0 Å². The van der Waals surface area contributed by atoms with Gasteiger partial charge in [-0.25, -0.2) is 13.2 Å². The summed E-state index contributed by atoms with van der Waals surface area (Å²) in [6, 6.07) is -4.77. The van der Waals surface area contributed by atoms with Crippen LogP contribution in [0, 0.1) is 35.5 Å². The summed E-state index contributed by atoms with van der Waals surface area (Å²) in [5.74, 6) is -9.19. The van der Waals surface area contributed by atoms with E-state index < -0.39 is 97.3 Å². The molecule has 208 valence electrons. The van der Waals surface area contributed by atoms with Crippen molar-refractivity contribution in [2.45, 2.75) is 94.5 Å². The molecule has 3 aliphatic rings. The van der Waals surface area contributed by atoms with E-state index in [1.807, 2.05) is 5.32 Å². The van der Waals surface area contributed by atoms with E-state index >= 15 is 0 Å². The molecule has 0 bridgehead atoms. The number of carbonyl (C=O) groups is 1. The van der Waals surface area contributed by atoms with E-state index in [0.29, 0.717) is 0 Å². The minimum Gasteiger partial charge on any atom is -0.389 e. The molecule has 3 nitrogen and oxygen atoms in total. The number of aliphatic hydroxyl groups is 1. The molecule has 3 rings (SSSR count). The van der Waals surface area contributed by atoms with Crippen molar-refractivity contribution < 1.29 is 49.4 Å². The largest absolute Gasteiger partial charge is 0.404 e. The van der Waals surface area contributed by atoms with Gasteiger partial charge in [-0.15, -0.1) is 6.58 Å². The molecule has 2 aliphatic carbocycles. The Morgan fingerprint density at radius 1 is 0.917 bits per heavy atom. The normalized spacial score (nSPS) is 39.6. The van der Waals surface area contributed by atoms with E-state index in [0.717, 1.165) is 6.08 Å². The maximum atomic E-state index is 14.2. The van der Waals surface area contributed by atoms with Gasteiger partial charge in [0.25, 0.3) is 6.43 Å². The molecule has 0 amide bonds. The zero-order valence-electron chi connectivity index (χ0n) is 19.5. The summed E-state index contributed by atoms with van der Waals surface area (Å²) in [5, 5.41) is 12.5. The van der Waals surface area contributed by atoms with Crippen LogP contribution in [-0.2, 0) is 4.79 Å². The number of alkyl halides is 9. The lowest BCUT2D eigenvalue weighted by molar-refractivity contribution is -0.207. The van der Waals surface area contributed by atoms with Crippen molar-refractivity contribution in [3.8, 4) is 0 Å². The fourth-order valence-corrected chi connectivity index (χ4v) is 6.66. The molecule has 36 heavy (non-hydrogen) atoms. The average molecular weight is 538 g/mol. The molecule has 1 heterocycles. The van der Waals surface area contributed by atoms with E-state index in [1.165, 1.54) is 0 Å². The number of ketones is 1. The highest BCUT2D eigenvalue weighted by molar-refractivity contribution is 5.85. The van der Waals surface area contributed by atoms with Crippen molar-refractivity contribution in [2.24, 2.45) is 35.5 Å². The van der Waals surface area contributed by atoms with Crippen LogP contribution in [0.25, 0.3) is 0 Å². The molecule has 0 aromatic rings. The Morgan fingerprint density at radius 2 is 1.47 bits per heavy atom. The molecule has 6 unspecified atom stereocenters. The number of Topliss-reactive ketones (excluding diaryl/α,β-unsaturated/α-hetero) is 1. The van der Waals surface area contributed by atoms with Gasteiger partial charge in [0.05, 0.1) is 18.1 Å². The van der Waals surface area contributed by atoms with Gasteiger partial charge in [-0.05, 0) is 63.2 Å². The van der Waals surface area contributed by atoms with Gasteiger partial charge < -0.3 is 5.11 Å². The number of rotatable bonds is 6. The van der Waals surface area contributed by atoms with Gasteiger partial charge >= 0.3 is 12.4 Å². The van der Waals surface area contributed by atoms with Gasteiger partial charge in [0.2, 0.25) is 0 Å². The third-order valence-electron chi connectivity index (χ3n) is 8.43. The average Bonchev–Trinajstić information content (AvgIpc) is 2.81. The number of aliphatic hydroxyl groups excluding tert-OH is 1. The van der Waals surface area contributed by atoms with Crippen LogP contribution < -0.4 is 5.32 Å². The van der Waals surface area contributed by atoms with Crippen molar-refractivity contribution >= 4 is 5.78 Å². The van der Waals surface area contributed by atoms with Gasteiger partial charge in [0.15, 0.2) is 0 Å². The highest BCUT2D eigenvalue weighted by Gasteiger charge is 2.61. The SMILES string of the molecule is C=CC(O)C1C(C(F)F)NC(C(F)(F)F)C(C(=O)C2CCC(C(F)(F)F)CC2)C1C1CCC(F)CC1. The Bertz CT molecular complexity index is 756. The standard InChI is InChI=1S/C24H32F9NO2/c1-2-15(35)17-16(11-5-9-14(25)10-6-11)18(21(24(31,32)33)34-19(17)22(26)27)20(36)12-3-7-13(8-4-12)23(28,29)30/h2,11-19,21-22,34-35H,1,3-10H2. The van der Waals surface area contributed by atoms with Crippen LogP contribution in [0.15, 0.2) is 12.7 Å². The minimum atomic E-state index is -5.11. The first-order chi connectivity index (χ1) is 16.7. The zero-order valence-corrected chi connectivity index (χ0v) is 19.5. The molecule has 1 aliphatic heterocycles. The van der Waals surface area contributed by atoms with Gasteiger partial charge in [-0.3, -0.25) is 10.1 Å². The smallest absolute Gasteiger partial charge is 0.389 e. The Hall–Kier alpha value is -1.30. The van der Waals surface area contributed by atoms with E-state index in [9.17, 15) is 49.4 Å². The van der Waals surface area contributed by atoms with Crippen molar-refractivity contribution in [3.05, 3.63) is 12.7 Å². The Kier molecular flexibility index (Phi) is 9.11. The number of hydrogen-bond acceptors (Lipinski definition) is 3. The summed E-state index contributed by atoms with van der Waals surface area (Å²) in [6.45, 7) is 3.38. The summed E-state index contributed by atoms with van der Waals surface area (Å²) < 4.78 is 124. The van der Waals surface area contributed by atoms with Crippen molar-refractivity contribution in [1.82, 2.24) is 5.32 Å². The molecule has 0 aromatic heterocycles. The zero-order chi connectivity index (χ0) is 27.0. The predicted molar refractivity (Wildman–Crippen MR) is 113 cm³/mol. The highest BCUT2D eigenvalue weighted by atomic mass is 19.4. The number of nitrogens with one attached hydrogen (secondary N) is 1. The number of piperidine rings is 1. The summed E-state index contributed by atoms with van der Waals surface area (Å²) in [5.41, 5.74) is 0. The fourth-order valence-electron chi connectivity index (χ4n) is 6.66. The van der Waals surface area contributed by atoms with Crippen LogP contribution in [0.1, 0.15) is 51.4 Å². The van der Waals surface area contributed by atoms with Gasteiger partial charge in [-0.2, -0.15) is 26.3 Å². The molecular weight excluding hydrogens is 505 g/mol. The van der Waals surface area contributed by atoms with E-state index in [2.05, 4.69) is 6.58 Å². The van der Waals surface area contributed by atoms with E-state index in [-0.39, 0.29) is 38.5 Å². The molecule has 3 fully saturated rings.